The van der Waals surface area contributed by atoms with Gasteiger partial charge in [0.25, 0.3) is 0 Å². The number of hydrogen-bond acceptors (Lipinski definition) is 2. The van der Waals surface area contributed by atoms with E-state index in [1.165, 1.54) is 6.21 Å². The minimum atomic E-state index is 1.53. The van der Waals surface area contributed by atoms with Gasteiger partial charge in [-0.25, -0.2) is 0 Å². The summed E-state index contributed by atoms with van der Waals surface area (Å²) in [6.45, 7) is 3.45. The van der Waals surface area contributed by atoms with Crippen LogP contribution in [-0.2, 0) is 4.84 Å². The number of hydrogen-bond donors (Lipinski definition) is 0. The van der Waals surface area contributed by atoms with Crippen molar-refractivity contribution in [3.63, 3.8) is 0 Å². The van der Waals surface area contributed by atoms with Crippen molar-refractivity contribution in [2.75, 3.05) is 0 Å². The zero-order valence-corrected chi connectivity index (χ0v) is 4.43. The van der Waals surface area contributed by atoms with Gasteiger partial charge in [-0.2, -0.15) is 0 Å². The van der Waals surface area contributed by atoms with Crippen LogP contribution >= 0.6 is 0 Å². The fraction of sp³-hybridized carbons (Fsp3) is 0.400. The van der Waals surface area contributed by atoms with Crippen LogP contribution in [-0.4, -0.2) is 6.21 Å². The second-order valence-electron chi connectivity index (χ2n) is 0.807. The number of nitrogens with zero attached hydrogens (tertiary/aromatic N) is 1. The fourth-order valence-electron chi connectivity index (χ4n) is 0.125. The lowest BCUT2D eigenvalue weighted by atomic mass is 10.8. The van der Waals surface area contributed by atoms with Crippen LogP contribution in [0.3, 0.4) is 0 Å². The summed E-state index contributed by atoms with van der Waals surface area (Å²) in [5.74, 6) is 2.52. The van der Waals surface area contributed by atoms with Crippen molar-refractivity contribution in [1.82, 2.24) is 0 Å². The van der Waals surface area contributed by atoms with Gasteiger partial charge in [-0.3, -0.25) is 0 Å². The normalized spacial score (nSPS) is 7.71. The predicted octanol–water partition coefficient (Wildman–Crippen LogP) is 0.990. The van der Waals surface area contributed by atoms with Crippen LogP contribution < -0.4 is 0 Å². The quantitative estimate of drug-likeness (QED) is 0.271. The molecule has 0 aromatic carbocycles. The van der Waals surface area contributed by atoms with Crippen molar-refractivity contribution < 1.29 is 4.84 Å². The van der Waals surface area contributed by atoms with E-state index in [2.05, 4.69) is 22.0 Å². The Kier molecular flexibility index (Phi) is 4.33. The molecule has 0 aromatic rings. The second kappa shape index (κ2) is 5.03. The molecule has 0 heterocycles. The van der Waals surface area contributed by atoms with Gasteiger partial charge in [-0.15, -0.1) is 0 Å². The Labute approximate surface area is 43.2 Å². The summed E-state index contributed by atoms with van der Waals surface area (Å²) in [6.07, 6.45) is 3.83. The summed E-state index contributed by atoms with van der Waals surface area (Å²) in [7, 11) is 0. The molecule has 38 valence electrons. The van der Waals surface area contributed by atoms with Crippen LogP contribution in [0.15, 0.2) is 5.16 Å². The molecule has 7 heavy (non-hydrogen) atoms. The Hall–Kier alpha value is -0.970. The van der Waals surface area contributed by atoms with E-state index in [4.69, 9.17) is 0 Å². The van der Waals surface area contributed by atoms with Crippen LogP contribution in [0.5, 0.6) is 0 Å². The molecule has 0 N–H and O–H groups in total. The smallest absolute Gasteiger partial charge is 0.148 e. The first-order chi connectivity index (χ1) is 3.41. The summed E-state index contributed by atoms with van der Waals surface area (Å²) >= 11 is 0. The van der Waals surface area contributed by atoms with Crippen molar-refractivity contribution in [1.29, 1.82) is 0 Å². The van der Waals surface area contributed by atoms with Gasteiger partial charge in [0.05, 0.1) is 0 Å². The predicted molar refractivity (Wildman–Crippen MR) is 28.7 cm³/mol. The molecule has 0 saturated carbocycles. The Bertz CT molecular complexity index is 107. The maximum absolute atomic E-state index is 4.34. The molecule has 0 bridgehead atoms. The van der Waals surface area contributed by atoms with Crippen molar-refractivity contribution in [3.05, 3.63) is 0 Å². The molecule has 0 fully saturated rings. The van der Waals surface area contributed by atoms with E-state index in [9.17, 15) is 0 Å². The third kappa shape index (κ3) is 5.03. The molecule has 0 spiro atoms. The molecule has 2 nitrogen and oxygen atoms in total. The molecule has 0 saturated heterocycles. The molecule has 0 radical (unpaired) electrons. The third-order valence-electron chi connectivity index (χ3n) is 0.306. The van der Waals surface area contributed by atoms with Crippen molar-refractivity contribution >= 4 is 6.21 Å². The summed E-state index contributed by atoms with van der Waals surface area (Å²) in [6, 6.07) is 0. The first-order valence-electron chi connectivity index (χ1n) is 1.97. The van der Waals surface area contributed by atoms with Crippen LogP contribution in [0.2, 0.25) is 0 Å². The lowest BCUT2D eigenvalue weighted by Gasteiger charge is -1.74. The zero-order chi connectivity index (χ0) is 5.54. The van der Waals surface area contributed by atoms with Gasteiger partial charge >= 0.3 is 0 Å². The number of rotatable bonds is 1. The first-order valence-corrected chi connectivity index (χ1v) is 1.97. The summed E-state index contributed by atoms with van der Waals surface area (Å²) in [5.41, 5.74) is 0. The topological polar surface area (TPSA) is 21.6 Å². The maximum Gasteiger partial charge on any atom is 0.148 e. The largest absolute Gasteiger partial charge is 0.304 e. The van der Waals surface area contributed by atoms with Gasteiger partial charge in [0, 0.05) is 13.1 Å². The lowest BCUT2D eigenvalue weighted by molar-refractivity contribution is 0.301. The monoisotopic (exact) mass is 97.1 g/mol. The van der Waals surface area contributed by atoms with Gasteiger partial charge in [-0.1, -0.05) is 11.1 Å². The SMILES string of the molecule is CC#CON=CC. The van der Waals surface area contributed by atoms with Crippen LogP contribution in [0.1, 0.15) is 13.8 Å². The van der Waals surface area contributed by atoms with Crippen molar-refractivity contribution in [2.45, 2.75) is 13.8 Å². The third-order valence-corrected chi connectivity index (χ3v) is 0.306. The molecule has 0 aliphatic rings. The minimum absolute atomic E-state index is 1.53. The van der Waals surface area contributed by atoms with E-state index < -0.39 is 0 Å². The summed E-state index contributed by atoms with van der Waals surface area (Å²) in [4.78, 5) is 4.34. The van der Waals surface area contributed by atoms with Crippen LogP contribution in [0.25, 0.3) is 0 Å². The van der Waals surface area contributed by atoms with Crippen molar-refractivity contribution in [3.8, 4) is 12.0 Å². The van der Waals surface area contributed by atoms with Gasteiger partial charge in [-0.05, 0) is 6.92 Å². The van der Waals surface area contributed by atoms with Gasteiger partial charge < -0.3 is 4.84 Å². The lowest BCUT2D eigenvalue weighted by Crippen LogP contribution is -1.64. The molecule has 0 aliphatic heterocycles. The molecule has 0 aromatic heterocycles. The molecule has 0 aliphatic carbocycles. The van der Waals surface area contributed by atoms with Crippen molar-refractivity contribution in [2.24, 2.45) is 5.16 Å². The van der Waals surface area contributed by atoms with Gasteiger partial charge in [0.15, 0.2) is 0 Å². The molecular weight excluding hydrogens is 90.1 g/mol. The van der Waals surface area contributed by atoms with E-state index in [0.717, 1.165) is 0 Å². The molecule has 0 amide bonds. The Morgan fingerprint density at radius 2 is 2.43 bits per heavy atom. The minimum Gasteiger partial charge on any atom is -0.304 e. The Morgan fingerprint density at radius 1 is 1.71 bits per heavy atom. The van der Waals surface area contributed by atoms with E-state index in [1.807, 2.05) is 0 Å². The highest BCUT2D eigenvalue weighted by Crippen LogP contribution is 1.65. The van der Waals surface area contributed by atoms with E-state index >= 15 is 0 Å². The van der Waals surface area contributed by atoms with Crippen LogP contribution in [0, 0.1) is 12.0 Å². The highest BCUT2D eigenvalue weighted by molar-refractivity contribution is 5.52. The van der Waals surface area contributed by atoms with E-state index in [-0.39, 0.29) is 0 Å². The molecule has 0 unspecified atom stereocenters. The Balaban J connectivity index is 3.09. The average molecular weight is 97.1 g/mol. The summed E-state index contributed by atoms with van der Waals surface area (Å²) in [5, 5.41) is 3.36. The zero-order valence-electron chi connectivity index (χ0n) is 4.43. The molecule has 0 atom stereocenters. The van der Waals surface area contributed by atoms with Crippen LogP contribution in [0.4, 0.5) is 0 Å². The van der Waals surface area contributed by atoms with Gasteiger partial charge in [0.1, 0.15) is 6.11 Å². The standard InChI is InChI=1S/C5H7NO/c1-3-5-7-6-4-2/h4H,1-2H3. The van der Waals surface area contributed by atoms with E-state index in [0.29, 0.717) is 0 Å². The summed E-state index contributed by atoms with van der Waals surface area (Å²) < 4.78 is 0. The fourth-order valence-corrected chi connectivity index (χ4v) is 0.125. The molecular formula is C5H7NO. The van der Waals surface area contributed by atoms with E-state index in [1.54, 1.807) is 13.8 Å². The first kappa shape index (κ1) is 6.03. The molecule has 2 heteroatoms. The van der Waals surface area contributed by atoms with Gasteiger partial charge in [0.2, 0.25) is 0 Å². The highest BCUT2D eigenvalue weighted by atomic mass is 16.6. The number of oxime groups is 1. The second-order valence-corrected chi connectivity index (χ2v) is 0.807. The maximum atomic E-state index is 4.34. The highest BCUT2D eigenvalue weighted by Gasteiger charge is 1.56. The average Bonchev–Trinajstić information content (AvgIpc) is 1.69. The molecule has 0 rings (SSSR count). The Morgan fingerprint density at radius 3 is 2.86 bits per heavy atom.